The van der Waals surface area contributed by atoms with Crippen LogP contribution in [0.3, 0.4) is 0 Å². The van der Waals surface area contributed by atoms with E-state index in [1.807, 2.05) is 12.1 Å². The fourth-order valence-electron chi connectivity index (χ4n) is 7.69. The van der Waals surface area contributed by atoms with Crippen molar-refractivity contribution in [2.24, 2.45) is 0 Å². The van der Waals surface area contributed by atoms with Crippen LogP contribution in [0.2, 0.25) is 0 Å². The molecule has 0 bridgehead atoms. The number of ether oxygens (including phenoxy) is 1. The Morgan fingerprint density at radius 1 is 1.00 bits per heavy atom. The molecule has 1 aromatic heterocycles. The first-order valence-corrected chi connectivity index (χ1v) is 16.6. The number of rotatable bonds is 6. The van der Waals surface area contributed by atoms with Crippen LogP contribution in [0.4, 0.5) is 11.4 Å². The fraction of sp³-hybridized carbons (Fsp3) is 0.333. The van der Waals surface area contributed by atoms with Gasteiger partial charge >= 0.3 is 0 Å². The highest BCUT2D eigenvalue weighted by Gasteiger charge is 2.35. The third kappa shape index (κ3) is 5.61. The van der Waals surface area contributed by atoms with E-state index in [0.717, 1.165) is 54.3 Å². The molecule has 1 atom stereocenters. The Labute approximate surface area is 281 Å². The molecule has 0 spiro atoms. The highest BCUT2D eigenvalue weighted by atomic mass is 16.5. The number of nitrogens with zero attached hydrogens (tertiary/aromatic N) is 7. The van der Waals surface area contributed by atoms with E-state index in [1.165, 1.54) is 33.7 Å². The minimum absolute atomic E-state index is 0.184. The van der Waals surface area contributed by atoms with E-state index in [-0.39, 0.29) is 18.4 Å². The third-order valence-corrected chi connectivity index (χ3v) is 10.0. The van der Waals surface area contributed by atoms with E-state index in [2.05, 4.69) is 89.9 Å². The van der Waals surface area contributed by atoms with Crippen LogP contribution in [0, 0.1) is 29.6 Å². The molecule has 1 fully saturated rings. The maximum atomic E-state index is 12.7. The number of carbonyl (C=O) groups excluding carboxylic acids is 1. The topological polar surface area (TPSA) is 99.7 Å². The normalized spacial score (nSPS) is 17.7. The van der Waals surface area contributed by atoms with Gasteiger partial charge in [0.05, 0.1) is 36.5 Å². The molecule has 9 nitrogen and oxygen atoms in total. The molecule has 1 saturated heterocycles. The number of anilines is 2. The van der Waals surface area contributed by atoms with Gasteiger partial charge in [-0.3, -0.25) is 4.79 Å². The van der Waals surface area contributed by atoms with Gasteiger partial charge in [-0.1, -0.05) is 49.0 Å². The molecule has 0 saturated carbocycles. The molecule has 0 aliphatic carbocycles. The van der Waals surface area contributed by atoms with Crippen LogP contribution in [-0.4, -0.2) is 66.5 Å². The number of fused-ring (bicyclic) bond motifs is 3. The van der Waals surface area contributed by atoms with Crippen molar-refractivity contribution in [1.82, 2.24) is 14.8 Å². The van der Waals surface area contributed by atoms with Crippen LogP contribution in [0.25, 0.3) is 10.8 Å². The number of pyridine rings is 1. The number of hydrogen-bond acceptors (Lipinski definition) is 8. The Morgan fingerprint density at radius 2 is 1.79 bits per heavy atom. The summed E-state index contributed by atoms with van der Waals surface area (Å²) < 4.78 is 6.69. The lowest BCUT2D eigenvalue weighted by Crippen LogP contribution is -2.55. The predicted octanol–water partition coefficient (Wildman–Crippen LogP) is 5.87. The molecular formula is C39H39N7O2. The first kappa shape index (κ1) is 31.2. The van der Waals surface area contributed by atoms with Crippen LogP contribution in [-0.2, 0) is 30.7 Å². The largest absolute Gasteiger partial charge is 0.437 e. The van der Waals surface area contributed by atoms with E-state index in [1.54, 1.807) is 4.90 Å². The molecule has 3 aromatic carbocycles. The van der Waals surface area contributed by atoms with Crippen LogP contribution < -0.4 is 14.5 Å². The van der Waals surface area contributed by atoms with Gasteiger partial charge in [0.2, 0.25) is 11.8 Å². The quantitative estimate of drug-likeness (QED) is 0.242. The van der Waals surface area contributed by atoms with Gasteiger partial charge in [0.25, 0.3) is 0 Å². The number of carbonyl (C=O) groups is 1. The molecular weight excluding hydrogens is 598 g/mol. The molecule has 9 heteroatoms. The minimum atomic E-state index is -0.328. The number of likely N-dealkylation sites (N-methyl/N-ethyl adjacent to an activating group) is 1. The van der Waals surface area contributed by atoms with Crippen LogP contribution in [0.5, 0.6) is 11.6 Å². The number of aryl methyl sites for hydroxylation is 1. The van der Waals surface area contributed by atoms with Gasteiger partial charge in [-0.05, 0) is 61.5 Å². The second kappa shape index (κ2) is 13.0. The number of hydrogen-bond donors (Lipinski definition) is 0. The molecule has 4 heterocycles. The summed E-state index contributed by atoms with van der Waals surface area (Å²) in [6.07, 6.45) is 3.04. The zero-order valence-electron chi connectivity index (χ0n) is 27.6. The molecule has 3 aliphatic heterocycles. The van der Waals surface area contributed by atoms with Gasteiger partial charge in [-0.15, -0.1) is 0 Å². The molecule has 3 aliphatic rings. The second-order valence-electron chi connectivity index (χ2n) is 13.0. The highest BCUT2D eigenvalue weighted by Crippen LogP contribution is 2.42. The molecule has 4 aromatic rings. The van der Waals surface area contributed by atoms with Gasteiger partial charge < -0.3 is 24.3 Å². The molecule has 7 rings (SSSR count). The molecule has 0 unspecified atom stereocenters. The van der Waals surface area contributed by atoms with E-state index < -0.39 is 0 Å². The van der Waals surface area contributed by atoms with E-state index in [9.17, 15) is 15.3 Å². The van der Waals surface area contributed by atoms with Crippen molar-refractivity contribution in [2.45, 2.75) is 45.3 Å². The lowest BCUT2D eigenvalue weighted by Gasteiger charge is -2.43. The van der Waals surface area contributed by atoms with Gasteiger partial charge in [0.1, 0.15) is 17.4 Å². The van der Waals surface area contributed by atoms with Crippen molar-refractivity contribution in [3.63, 3.8) is 0 Å². The molecule has 0 N–H and O–H groups in total. The maximum Gasteiger partial charge on any atom is 0.246 e. The lowest BCUT2D eigenvalue weighted by molar-refractivity contribution is -0.128. The molecule has 0 radical (unpaired) electrons. The number of nitriles is 2. The van der Waals surface area contributed by atoms with Crippen molar-refractivity contribution in [3.05, 3.63) is 101 Å². The monoisotopic (exact) mass is 637 g/mol. The van der Waals surface area contributed by atoms with Crippen LogP contribution >= 0.6 is 0 Å². The Bertz CT molecular complexity index is 2000. The summed E-state index contributed by atoms with van der Waals surface area (Å²) in [5.41, 5.74) is 7.87. The van der Waals surface area contributed by atoms with Crippen LogP contribution in [0.15, 0.2) is 67.3 Å². The number of benzene rings is 3. The summed E-state index contributed by atoms with van der Waals surface area (Å²) in [6, 6.07) is 23.4. The summed E-state index contributed by atoms with van der Waals surface area (Å²) in [5, 5.41) is 22.9. The maximum absolute atomic E-state index is 12.7. The van der Waals surface area contributed by atoms with Crippen molar-refractivity contribution < 1.29 is 9.53 Å². The summed E-state index contributed by atoms with van der Waals surface area (Å²) in [7, 11) is 2.12. The Hall–Kier alpha value is -5.38. The average Bonchev–Trinajstić information content (AvgIpc) is 3.10. The summed E-state index contributed by atoms with van der Waals surface area (Å²) in [4.78, 5) is 26.4. The number of amides is 1. The molecule has 242 valence electrons. The zero-order chi connectivity index (χ0) is 33.4. The van der Waals surface area contributed by atoms with Gasteiger partial charge in [-0.25, -0.2) is 4.98 Å². The van der Waals surface area contributed by atoms with E-state index in [4.69, 9.17) is 9.72 Å². The number of piperazine rings is 1. The van der Waals surface area contributed by atoms with E-state index >= 15 is 0 Å². The average molecular weight is 638 g/mol. The van der Waals surface area contributed by atoms with Crippen molar-refractivity contribution in [2.75, 3.05) is 49.6 Å². The Balaban J connectivity index is 1.34. The Morgan fingerprint density at radius 3 is 2.58 bits per heavy atom. The SMILES string of the molecule is C=CC(=O)N1CCN(c2c(C#N)c(Oc3cccc4c3CCN(C)C4)nc3c2CCN(c2cccc4cccc(C)c24)C3)C[C@@H]1CC#N. The first-order chi connectivity index (χ1) is 23.4. The van der Waals surface area contributed by atoms with Gasteiger partial charge in [0.15, 0.2) is 0 Å². The molecule has 1 amide bonds. The Kier molecular flexibility index (Phi) is 8.47. The number of aromatic nitrogens is 1. The van der Waals surface area contributed by atoms with Crippen molar-refractivity contribution >= 4 is 28.1 Å². The lowest BCUT2D eigenvalue weighted by atomic mass is 9.95. The van der Waals surface area contributed by atoms with Gasteiger partial charge in [0, 0.05) is 61.5 Å². The third-order valence-electron chi connectivity index (χ3n) is 10.0. The van der Waals surface area contributed by atoms with Crippen LogP contribution in [0.1, 0.15) is 39.9 Å². The summed E-state index contributed by atoms with van der Waals surface area (Å²) in [5.74, 6) is 0.851. The van der Waals surface area contributed by atoms with Crippen molar-refractivity contribution in [1.29, 1.82) is 10.5 Å². The minimum Gasteiger partial charge on any atom is -0.437 e. The smallest absolute Gasteiger partial charge is 0.246 e. The summed E-state index contributed by atoms with van der Waals surface area (Å²) >= 11 is 0. The predicted molar refractivity (Wildman–Crippen MR) is 187 cm³/mol. The van der Waals surface area contributed by atoms with E-state index in [0.29, 0.717) is 44.0 Å². The second-order valence-corrected chi connectivity index (χ2v) is 13.0. The zero-order valence-corrected chi connectivity index (χ0v) is 27.6. The highest BCUT2D eigenvalue weighted by molar-refractivity contribution is 5.97. The van der Waals surface area contributed by atoms with Gasteiger partial charge in [-0.2, -0.15) is 10.5 Å². The van der Waals surface area contributed by atoms with Crippen molar-refractivity contribution in [3.8, 4) is 23.8 Å². The summed E-state index contributed by atoms with van der Waals surface area (Å²) in [6.45, 7) is 10.3. The standard InChI is InChI=1S/C39H39N7O2/c1-4-36(47)46-21-20-45(24-29(46)14-17-40)38-31-16-19-44(34-12-6-10-27-9-5-8-26(2)37(27)34)25-33(31)42-39(32(38)22-41)48-35-13-7-11-28-23-43(3)18-15-30(28)35/h4-13,29H,1,14-16,18-21,23-25H2,2-3H3/t29-/m0/s1. The first-order valence-electron chi connectivity index (χ1n) is 16.6. The fourth-order valence-corrected chi connectivity index (χ4v) is 7.69. The molecule has 48 heavy (non-hydrogen) atoms.